The minimum Gasteiger partial charge on any atom is -0.307 e. The lowest BCUT2D eigenvalue weighted by Crippen LogP contribution is -2.10. The van der Waals surface area contributed by atoms with Gasteiger partial charge in [0.1, 0.15) is 5.82 Å². The second-order valence-corrected chi connectivity index (χ2v) is 9.63. The molecule has 0 spiro atoms. The molecule has 4 nitrogen and oxygen atoms in total. The zero-order valence-electron chi connectivity index (χ0n) is 18.7. The zero-order valence-corrected chi connectivity index (χ0v) is 18.7. The minimum atomic E-state index is 0.132. The first-order valence-electron chi connectivity index (χ1n) is 11.4. The van der Waals surface area contributed by atoms with Gasteiger partial charge in [-0.25, -0.2) is 15.0 Å². The highest BCUT2D eigenvalue weighted by atomic mass is 15.2. The summed E-state index contributed by atoms with van der Waals surface area (Å²) in [4.78, 5) is 14.7. The number of fused-ring (bicyclic) bond motifs is 2. The Kier molecular flexibility index (Phi) is 5.09. The largest absolute Gasteiger partial charge is 0.307 e. The summed E-state index contributed by atoms with van der Waals surface area (Å²) in [5.41, 5.74) is 7.56. The molecule has 0 radical (unpaired) electrons. The van der Waals surface area contributed by atoms with Crippen molar-refractivity contribution in [1.29, 1.82) is 0 Å². The average Bonchev–Trinajstić information content (AvgIpc) is 3.13. The predicted molar refractivity (Wildman–Crippen MR) is 128 cm³/mol. The van der Waals surface area contributed by atoms with E-state index in [-0.39, 0.29) is 5.41 Å². The van der Waals surface area contributed by atoms with Gasteiger partial charge in [-0.2, -0.15) is 0 Å². The van der Waals surface area contributed by atoms with Gasteiger partial charge in [-0.05, 0) is 55.2 Å². The molecular formula is C27H30N4. The summed E-state index contributed by atoms with van der Waals surface area (Å²) < 4.78 is 2.27. The molecule has 158 valence electrons. The maximum absolute atomic E-state index is 4.96. The van der Waals surface area contributed by atoms with Crippen LogP contribution in [0, 0.1) is 0 Å². The van der Waals surface area contributed by atoms with Crippen LogP contribution < -0.4 is 0 Å². The van der Waals surface area contributed by atoms with Crippen LogP contribution in [0.15, 0.2) is 60.2 Å². The number of imidazole rings is 1. The Hall–Kier alpha value is -3.01. The van der Waals surface area contributed by atoms with E-state index in [0.29, 0.717) is 0 Å². The molecule has 5 rings (SSSR count). The fraction of sp³-hybridized carbons (Fsp3) is 0.370. The minimum absolute atomic E-state index is 0.132. The lowest BCUT2D eigenvalue weighted by molar-refractivity contribution is 0.590. The standard InChI is InChI=1S/C27H30N4/c1-27(2,3)21-15-13-20(14-16-21)25-30-24-26(29-23-12-8-7-11-22(23)28-24)31(25)18-17-19-9-5-4-6-10-19/h7-9,11-16H,4-6,10,17-18H2,1-3H3. The smallest absolute Gasteiger partial charge is 0.198 e. The van der Waals surface area contributed by atoms with Crippen LogP contribution in [0.3, 0.4) is 0 Å². The van der Waals surface area contributed by atoms with Crippen molar-refractivity contribution < 1.29 is 0 Å². The topological polar surface area (TPSA) is 43.6 Å². The van der Waals surface area contributed by atoms with Crippen molar-refractivity contribution in [1.82, 2.24) is 19.5 Å². The molecule has 0 fully saturated rings. The van der Waals surface area contributed by atoms with Crippen molar-refractivity contribution in [2.75, 3.05) is 0 Å². The number of benzene rings is 2. The highest BCUT2D eigenvalue weighted by Crippen LogP contribution is 2.29. The van der Waals surface area contributed by atoms with Gasteiger partial charge in [0, 0.05) is 12.1 Å². The number of allylic oxidation sites excluding steroid dienone is 2. The van der Waals surface area contributed by atoms with E-state index in [4.69, 9.17) is 15.0 Å². The van der Waals surface area contributed by atoms with Gasteiger partial charge in [0.05, 0.1) is 11.0 Å². The lowest BCUT2D eigenvalue weighted by Gasteiger charge is -2.19. The van der Waals surface area contributed by atoms with Crippen LogP contribution in [-0.2, 0) is 12.0 Å². The van der Waals surface area contributed by atoms with Crippen LogP contribution in [0.5, 0.6) is 0 Å². The Morgan fingerprint density at radius 3 is 2.29 bits per heavy atom. The fourth-order valence-corrected chi connectivity index (χ4v) is 4.44. The van der Waals surface area contributed by atoms with Crippen LogP contribution in [0.1, 0.15) is 58.4 Å². The van der Waals surface area contributed by atoms with Crippen molar-refractivity contribution in [3.8, 4) is 11.4 Å². The van der Waals surface area contributed by atoms with E-state index in [1.165, 1.54) is 31.2 Å². The lowest BCUT2D eigenvalue weighted by atomic mass is 9.87. The van der Waals surface area contributed by atoms with E-state index >= 15 is 0 Å². The molecule has 0 atom stereocenters. The molecule has 0 bridgehead atoms. The number of para-hydroxylation sites is 2. The molecule has 4 aromatic rings. The van der Waals surface area contributed by atoms with Gasteiger partial charge >= 0.3 is 0 Å². The van der Waals surface area contributed by atoms with Crippen LogP contribution >= 0.6 is 0 Å². The van der Waals surface area contributed by atoms with Gasteiger partial charge in [0.15, 0.2) is 11.3 Å². The number of aromatic nitrogens is 4. The highest BCUT2D eigenvalue weighted by molar-refractivity contribution is 5.84. The summed E-state index contributed by atoms with van der Waals surface area (Å²) in [5, 5.41) is 0. The van der Waals surface area contributed by atoms with E-state index < -0.39 is 0 Å². The normalized spacial score (nSPS) is 14.9. The fourth-order valence-electron chi connectivity index (χ4n) is 4.44. The Morgan fingerprint density at radius 1 is 0.871 bits per heavy atom. The predicted octanol–water partition coefficient (Wildman–Crippen LogP) is 6.83. The Bertz CT molecular complexity index is 1260. The molecule has 2 heterocycles. The first kappa shape index (κ1) is 19.9. The van der Waals surface area contributed by atoms with Crippen LogP contribution in [-0.4, -0.2) is 19.5 Å². The summed E-state index contributed by atoms with van der Waals surface area (Å²) in [7, 11) is 0. The molecule has 0 aliphatic heterocycles. The van der Waals surface area contributed by atoms with Crippen LogP contribution in [0.4, 0.5) is 0 Å². The van der Waals surface area contributed by atoms with Crippen molar-refractivity contribution in [3.05, 3.63) is 65.7 Å². The van der Waals surface area contributed by atoms with Gasteiger partial charge in [0.25, 0.3) is 0 Å². The molecule has 2 aromatic heterocycles. The van der Waals surface area contributed by atoms with Gasteiger partial charge in [-0.3, -0.25) is 0 Å². The molecule has 0 N–H and O–H groups in total. The monoisotopic (exact) mass is 410 g/mol. The van der Waals surface area contributed by atoms with Crippen molar-refractivity contribution >= 4 is 22.3 Å². The Morgan fingerprint density at radius 2 is 1.61 bits per heavy atom. The Labute approximate surface area is 184 Å². The van der Waals surface area contributed by atoms with Gasteiger partial charge < -0.3 is 4.57 Å². The SMILES string of the molecule is CC(C)(C)c1ccc(-c2nc3nc4ccccc4nc3n2CCC2=CCCCC2)cc1. The third-order valence-corrected chi connectivity index (χ3v) is 6.31. The maximum atomic E-state index is 4.96. The summed E-state index contributed by atoms with van der Waals surface area (Å²) in [5.74, 6) is 0.960. The highest BCUT2D eigenvalue weighted by Gasteiger charge is 2.18. The van der Waals surface area contributed by atoms with E-state index in [2.05, 4.69) is 55.7 Å². The molecule has 0 saturated carbocycles. The van der Waals surface area contributed by atoms with Crippen molar-refractivity contribution in [2.24, 2.45) is 0 Å². The van der Waals surface area contributed by atoms with Gasteiger partial charge in [0.2, 0.25) is 0 Å². The molecule has 0 saturated heterocycles. The summed E-state index contributed by atoms with van der Waals surface area (Å²) in [6, 6.07) is 16.9. The van der Waals surface area contributed by atoms with Gasteiger partial charge in [-0.15, -0.1) is 0 Å². The summed E-state index contributed by atoms with van der Waals surface area (Å²) in [6.07, 6.45) is 8.54. The molecule has 1 aliphatic carbocycles. The molecule has 4 heteroatoms. The third kappa shape index (κ3) is 3.99. The van der Waals surface area contributed by atoms with E-state index in [0.717, 1.165) is 46.7 Å². The molecule has 1 aliphatic rings. The van der Waals surface area contributed by atoms with E-state index in [1.807, 2.05) is 24.3 Å². The molecule has 2 aromatic carbocycles. The third-order valence-electron chi connectivity index (χ3n) is 6.31. The summed E-state index contributed by atoms with van der Waals surface area (Å²) in [6.45, 7) is 7.61. The number of aryl methyl sites for hydroxylation is 1. The molecule has 31 heavy (non-hydrogen) atoms. The first-order chi connectivity index (χ1) is 15.0. The zero-order chi connectivity index (χ0) is 21.4. The molecular weight excluding hydrogens is 380 g/mol. The summed E-state index contributed by atoms with van der Waals surface area (Å²) >= 11 is 0. The first-order valence-corrected chi connectivity index (χ1v) is 11.4. The van der Waals surface area contributed by atoms with Crippen LogP contribution in [0.25, 0.3) is 33.7 Å². The average molecular weight is 411 g/mol. The maximum Gasteiger partial charge on any atom is 0.198 e. The van der Waals surface area contributed by atoms with Crippen molar-refractivity contribution in [3.63, 3.8) is 0 Å². The van der Waals surface area contributed by atoms with E-state index in [1.54, 1.807) is 5.57 Å². The number of rotatable bonds is 4. The number of hydrogen-bond donors (Lipinski definition) is 0. The number of hydrogen-bond acceptors (Lipinski definition) is 3. The molecule has 0 unspecified atom stereocenters. The quantitative estimate of drug-likeness (QED) is 0.346. The van der Waals surface area contributed by atoms with Crippen LogP contribution in [0.2, 0.25) is 0 Å². The second kappa shape index (κ2) is 7.92. The van der Waals surface area contributed by atoms with Crippen molar-refractivity contribution in [2.45, 2.75) is 64.8 Å². The number of nitrogens with zero attached hydrogens (tertiary/aromatic N) is 4. The van der Waals surface area contributed by atoms with E-state index in [9.17, 15) is 0 Å². The second-order valence-electron chi connectivity index (χ2n) is 9.63. The molecule has 0 amide bonds. The van der Waals surface area contributed by atoms with Gasteiger partial charge in [-0.1, -0.05) is 68.8 Å². The Balaban J connectivity index is 1.61.